The number of hydrogen-bond acceptors (Lipinski definition) is 2. The van der Waals surface area contributed by atoms with Crippen LogP contribution in [-0.4, -0.2) is 10.2 Å². The van der Waals surface area contributed by atoms with Gasteiger partial charge in [-0.15, -0.1) is 0 Å². The number of aromatic hydroxyl groups is 2. The van der Waals surface area contributed by atoms with Crippen LogP contribution in [0.4, 0.5) is 0 Å². The smallest absolute Gasteiger partial charge is 0.126 e. The third-order valence-corrected chi connectivity index (χ3v) is 8.13. The summed E-state index contributed by atoms with van der Waals surface area (Å²) in [5.74, 6) is 1.33. The van der Waals surface area contributed by atoms with E-state index in [1.807, 2.05) is 50.2 Å². The van der Waals surface area contributed by atoms with E-state index in [0.29, 0.717) is 23.3 Å². The Bertz CT molecular complexity index is 943. The Morgan fingerprint density at radius 2 is 1.00 bits per heavy atom. The maximum absolute atomic E-state index is 11.0. The van der Waals surface area contributed by atoms with Crippen molar-refractivity contribution < 1.29 is 10.2 Å². The monoisotopic (exact) mass is 406 g/mol. The maximum atomic E-state index is 11.0. The van der Waals surface area contributed by atoms with Crippen LogP contribution >= 0.6 is 7.92 Å². The molecule has 0 spiro atoms. The van der Waals surface area contributed by atoms with E-state index in [-0.39, 0.29) is 0 Å². The summed E-state index contributed by atoms with van der Waals surface area (Å²) in [5, 5.41) is 25.1. The molecule has 0 heterocycles. The van der Waals surface area contributed by atoms with E-state index >= 15 is 0 Å². The summed E-state index contributed by atoms with van der Waals surface area (Å²) in [5.41, 5.74) is 4.28. The van der Waals surface area contributed by atoms with E-state index in [1.165, 1.54) is 16.4 Å². The molecule has 29 heavy (non-hydrogen) atoms. The number of para-hydroxylation sites is 2. The highest BCUT2D eigenvalue weighted by Gasteiger charge is 2.29. The molecule has 0 saturated carbocycles. The zero-order chi connectivity index (χ0) is 21.3. The van der Waals surface area contributed by atoms with Crippen LogP contribution in [0.1, 0.15) is 61.8 Å². The van der Waals surface area contributed by atoms with E-state index < -0.39 is 7.92 Å². The van der Waals surface area contributed by atoms with E-state index in [2.05, 4.69) is 45.9 Å². The molecule has 3 aromatic rings. The number of phenols is 2. The van der Waals surface area contributed by atoms with Gasteiger partial charge in [0.05, 0.1) is 0 Å². The molecule has 0 unspecified atom stereocenters. The van der Waals surface area contributed by atoms with Crippen molar-refractivity contribution in [2.75, 3.05) is 0 Å². The van der Waals surface area contributed by atoms with E-state index in [4.69, 9.17) is 0 Å². The topological polar surface area (TPSA) is 40.5 Å². The third kappa shape index (κ3) is 4.05. The zero-order valence-corrected chi connectivity index (χ0v) is 19.1. The summed E-state index contributed by atoms with van der Waals surface area (Å²) in [6.45, 7) is 12.7. The van der Waals surface area contributed by atoms with Crippen molar-refractivity contribution in [2.45, 2.75) is 53.4 Å². The van der Waals surface area contributed by atoms with Gasteiger partial charge in [0.25, 0.3) is 0 Å². The third-order valence-electron chi connectivity index (χ3n) is 5.48. The first-order chi connectivity index (χ1) is 13.7. The summed E-state index contributed by atoms with van der Waals surface area (Å²) in [7, 11) is -1.13. The molecule has 3 heteroatoms. The number of phenolic OH excluding ortho intramolecular Hbond substituents is 2. The van der Waals surface area contributed by atoms with Gasteiger partial charge in [-0.05, 0) is 61.2 Å². The van der Waals surface area contributed by atoms with E-state index in [9.17, 15) is 10.2 Å². The molecule has 3 aromatic carbocycles. The highest BCUT2D eigenvalue weighted by molar-refractivity contribution is 7.80. The number of rotatable bonds is 5. The van der Waals surface area contributed by atoms with Gasteiger partial charge in [-0.25, -0.2) is 0 Å². The quantitative estimate of drug-likeness (QED) is 0.532. The van der Waals surface area contributed by atoms with Gasteiger partial charge in [-0.2, -0.15) is 0 Å². The predicted octanol–water partition coefficient (Wildman–Crippen LogP) is 5.72. The van der Waals surface area contributed by atoms with Gasteiger partial charge < -0.3 is 10.2 Å². The van der Waals surface area contributed by atoms with Gasteiger partial charge in [0.1, 0.15) is 11.5 Å². The number of hydrogen-bond donors (Lipinski definition) is 2. The SMILES string of the molecule is Cc1cccc(P(c2cccc(C)c2O)c2c(C(C)C)cccc2C(C)C)c1O. The molecule has 0 atom stereocenters. The Kier molecular flexibility index (Phi) is 6.34. The van der Waals surface area contributed by atoms with Crippen LogP contribution in [-0.2, 0) is 0 Å². The molecule has 0 saturated heterocycles. The fourth-order valence-corrected chi connectivity index (χ4v) is 6.96. The van der Waals surface area contributed by atoms with Gasteiger partial charge >= 0.3 is 0 Å². The Balaban J connectivity index is 2.45. The Morgan fingerprint density at radius 1 is 0.621 bits per heavy atom. The lowest BCUT2D eigenvalue weighted by Gasteiger charge is -2.29. The normalized spacial score (nSPS) is 11.6. The molecule has 3 rings (SSSR count). The molecule has 2 N–H and O–H groups in total. The van der Waals surface area contributed by atoms with Crippen LogP contribution in [0.15, 0.2) is 54.6 Å². The lowest BCUT2D eigenvalue weighted by Crippen LogP contribution is -2.28. The molecule has 0 aliphatic heterocycles. The minimum atomic E-state index is -1.13. The average molecular weight is 407 g/mol. The minimum Gasteiger partial charge on any atom is -0.507 e. The number of aryl methyl sites for hydroxylation is 2. The first-order valence-electron chi connectivity index (χ1n) is 10.2. The molecule has 0 bridgehead atoms. The second kappa shape index (κ2) is 8.59. The van der Waals surface area contributed by atoms with Crippen LogP contribution in [0.2, 0.25) is 0 Å². The van der Waals surface area contributed by atoms with Gasteiger partial charge in [-0.3, -0.25) is 0 Å². The molecule has 0 radical (unpaired) electrons. The second-order valence-electron chi connectivity index (χ2n) is 8.32. The number of benzene rings is 3. The molecule has 0 aliphatic rings. The highest BCUT2D eigenvalue weighted by atomic mass is 31.1. The first kappa shape index (κ1) is 21.4. The van der Waals surface area contributed by atoms with Crippen LogP contribution in [0.5, 0.6) is 11.5 Å². The summed E-state index contributed by atoms with van der Waals surface area (Å²) < 4.78 is 0. The van der Waals surface area contributed by atoms with Crippen molar-refractivity contribution >= 4 is 23.8 Å². The first-order valence-corrected chi connectivity index (χ1v) is 11.6. The molecule has 0 fully saturated rings. The molecular formula is C26H31O2P. The fourth-order valence-electron chi connectivity index (χ4n) is 3.79. The van der Waals surface area contributed by atoms with Crippen LogP contribution in [0.25, 0.3) is 0 Å². The lowest BCUT2D eigenvalue weighted by atomic mass is 9.95. The molecule has 0 aromatic heterocycles. The standard InChI is InChI=1S/C26H31O2P/c1-16(2)20-12-9-13-21(17(3)4)26(20)29(22-14-7-10-18(5)24(22)27)23-15-8-11-19(6)25(23)28/h7-17,27-28H,1-6H3. The average Bonchev–Trinajstić information content (AvgIpc) is 2.68. The predicted molar refractivity (Wildman–Crippen MR) is 126 cm³/mol. The van der Waals surface area contributed by atoms with Gasteiger partial charge in [0.2, 0.25) is 0 Å². The Morgan fingerprint density at radius 3 is 1.38 bits per heavy atom. The van der Waals surface area contributed by atoms with Crippen molar-refractivity contribution in [3.63, 3.8) is 0 Å². The van der Waals surface area contributed by atoms with Crippen LogP contribution in [0, 0.1) is 13.8 Å². The fraction of sp³-hybridized carbons (Fsp3) is 0.308. The molecule has 2 nitrogen and oxygen atoms in total. The van der Waals surface area contributed by atoms with Crippen molar-refractivity contribution in [3.05, 3.63) is 76.9 Å². The van der Waals surface area contributed by atoms with Crippen molar-refractivity contribution in [1.29, 1.82) is 0 Å². The summed E-state index contributed by atoms with van der Waals surface area (Å²) in [6.07, 6.45) is 0. The Hall–Kier alpha value is -2.31. The molecule has 0 aliphatic carbocycles. The second-order valence-corrected chi connectivity index (χ2v) is 10.4. The maximum Gasteiger partial charge on any atom is 0.126 e. The molecule has 152 valence electrons. The van der Waals surface area contributed by atoms with Crippen molar-refractivity contribution in [3.8, 4) is 11.5 Å². The van der Waals surface area contributed by atoms with Crippen molar-refractivity contribution in [1.82, 2.24) is 0 Å². The van der Waals surface area contributed by atoms with Crippen molar-refractivity contribution in [2.24, 2.45) is 0 Å². The highest BCUT2D eigenvalue weighted by Crippen LogP contribution is 2.44. The van der Waals surface area contributed by atoms with Gasteiger partial charge in [0, 0.05) is 10.6 Å². The minimum absolute atomic E-state index is 0.327. The summed E-state index contributed by atoms with van der Waals surface area (Å²) in [4.78, 5) is 0. The molecule has 0 amide bonds. The van der Waals surface area contributed by atoms with E-state index in [1.54, 1.807) is 0 Å². The van der Waals surface area contributed by atoms with Gasteiger partial charge in [-0.1, -0.05) is 82.3 Å². The summed E-state index contributed by atoms with van der Waals surface area (Å²) >= 11 is 0. The van der Waals surface area contributed by atoms with Crippen LogP contribution < -0.4 is 15.9 Å². The largest absolute Gasteiger partial charge is 0.507 e. The summed E-state index contributed by atoms with van der Waals surface area (Å²) in [6, 6.07) is 18.4. The lowest BCUT2D eigenvalue weighted by molar-refractivity contribution is 0.475. The van der Waals surface area contributed by atoms with E-state index in [0.717, 1.165) is 21.7 Å². The molecular weight excluding hydrogens is 375 g/mol. The van der Waals surface area contributed by atoms with Crippen LogP contribution in [0.3, 0.4) is 0 Å². The van der Waals surface area contributed by atoms with Gasteiger partial charge in [0.15, 0.2) is 0 Å². The Labute approximate surface area is 176 Å². The zero-order valence-electron chi connectivity index (χ0n) is 18.2.